The second-order valence-electron chi connectivity index (χ2n) is 6.60. The number of hydrogen-bond donors (Lipinski definition) is 0. The summed E-state index contributed by atoms with van der Waals surface area (Å²) in [5, 5.41) is 4.82. The third-order valence-electron chi connectivity index (χ3n) is 4.74. The minimum absolute atomic E-state index is 0.300. The van der Waals surface area contributed by atoms with Gasteiger partial charge in [-0.05, 0) is 50.1 Å². The molecule has 0 radical (unpaired) electrons. The monoisotopic (exact) mass is 359 g/mol. The van der Waals surface area contributed by atoms with Crippen molar-refractivity contribution in [3.63, 3.8) is 0 Å². The van der Waals surface area contributed by atoms with E-state index in [4.69, 9.17) is 11.6 Å². The van der Waals surface area contributed by atoms with Crippen LogP contribution in [-0.2, 0) is 6.54 Å². The molecule has 7 heteroatoms. The van der Waals surface area contributed by atoms with Crippen LogP contribution in [0.3, 0.4) is 0 Å². The molecule has 0 bridgehead atoms. The van der Waals surface area contributed by atoms with Crippen molar-refractivity contribution < 1.29 is 4.39 Å². The Morgan fingerprint density at radius 1 is 1.32 bits per heavy atom. The molecule has 0 spiro atoms. The molecule has 5 nitrogen and oxygen atoms in total. The Balaban J connectivity index is 1.57. The van der Waals surface area contributed by atoms with Gasteiger partial charge in [-0.25, -0.2) is 13.9 Å². The molecule has 0 saturated carbocycles. The highest BCUT2D eigenvalue weighted by molar-refractivity contribution is 6.31. The molecule has 1 aliphatic heterocycles. The molecule has 2 aromatic heterocycles. The van der Waals surface area contributed by atoms with Crippen molar-refractivity contribution in [1.29, 1.82) is 0 Å². The summed E-state index contributed by atoms with van der Waals surface area (Å²) in [6.07, 6.45) is 3.75. The molecule has 130 valence electrons. The number of aryl methyl sites for hydroxylation is 1. The van der Waals surface area contributed by atoms with Crippen LogP contribution in [0.2, 0.25) is 5.02 Å². The highest BCUT2D eigenvalue weighted by Gasteiger charge is 2.24. The topological polar surface area (TPSA) is 46.3 Å². The quantitative estimate of drug-likeness (QED) is 0.716. The van der Waals surface area contributed by atoms with Crippen LogP contribution in [0.15, 0.2) is 30.6 Å². The van der Waals surface area contributed by atoms with Crippen LogP contribution in [0.25, 0.3) is 5.78 Å². The second-order valence-corrected chi connectivity index (χ2v) is 7.01. The van der Waals surface area contributed by atoms with E-state index in [0.29, 0.717) is 16.7 Å². The van der Waals surface area contributed by atoms with Gasteiger partial charge >= 0.3 is 0 Å². The number of benzene rings is 1. The van der Waals surface area contributed by atoms with Gasteiger partial charge in [-0.15, -0.1) is 0 Å². The van der Waals surface area contributed by atoms with E-state index in [1.807, 2.05) is 11.4 Å². The predicted molar refractivity (Wildman–Crippen MR) is 94.2 cm³/mol. The maximum Gasteiger partial charge on any atom is 0.252 e. The van der Waals surface area contributed by atoms with Gasteiger partial charge in [0, 0.05) is 29.7 Å². The number of piperidine rings is 1. The molecule has 1 atom stereocenters. The fraction of sp³-hybridized carbons (Fsp3) is 0.389. The molecule has 4 rings (SSSR count). The van der Waals surface area contributed by atoms with E-state index in [1.54, 1.807) is 12.4 Å². The minimum atomic E-state index is -0.300. The summed E-state index contributed by atoms with van der Waals surface area (Å²) in [6, 6.07) is 6.71. The van der Waals surface area contributed by atoms with E-state index in [1.165, 1.54) is 12.1 Å². The third kappa shape index (κ3) is 3.37. The van der Waals surface area contributed by atoms with Gasteiger partial charge in [0.05, 0.1) is 5.69 Å². The zero-order valence-electron chi connectivity index (χ0n) is 14.0. The molecule has 1 fully saturated rings. The number of nitrogens with zero attached hydrogens (tertiary/aromatic N) is 5. The van der Waals surface area contributed by atoms with Crippen LogP contribution < -0.4 is 0 Å². The summed E-state index contributed by atoms with van der Waals surface area (Å²) >= 11 is 6.19. The summed E-state index contributed by atoms with van der Waals surface area (Å²) in [5.41, 5.74) is 3.06. The maximum absolute atomic E-state index is 13.2. The Hall–Kier alpha value is -2.05. The SMILES string of the molecule is Cc1cc(C2CCCN(Cc3ccc(F)cc3Cl)C2)n2ncnc2n1. The van der Waals surface area contributed by atoms with Crippen LogP contribution in [0.4, 0.5) is 4.39 Å². The Kier molecular flexibility index (Phi) is 4.39. The van der Waals surface area contributed by atoms with Crippen molar-refractivity contribution in [2.24, 2.45) is 0 Å². The van der Waals surface area contributed by atoms with E-state index < -0.39 is 0 Å². The van der Waals surface area contributed by atoms with Crippen molar-refractivity contribution in [3.8, 4) is 0 Å². The smallest absolute Gasteiger partial charge is 0.252 e. The summed E-state index contributed by atoms with van der Waals surface area (Å²) in [7, 11) is 0. The lowest BCUT2D eigenvalue weighted by Crippen LogP contribution is -2.34. The molecule has 3 aromatic rings. The number of aromatic nitrogens is 4. The fourth-order valence-electron chi connectivity index (χ4n) is 3.58. The highest BCUT2D eigenvalue weighted by atomic mass is 35.5. The normalized spacial score (nSPS) is 18.8. The van der Waals surface area contributed by atoms with Gasteiger partial charge in [0.2, 0.25) is 0 Å². The van der Waals surface area contributed by atoms with Crippen LogP contribution in [0, 0.1) is 12.7 Å². The van der Waals surface area contributed by atoms with E-state index in [9.17, 15) is 4.39 Å². The lowest BCUT2D eigenvalue weighted by atomic mass is 9.93. The summed E-state index contributed by atoms with van der Waals surface area (Å²) in [6.45, 7) is 4.62. The number of halogens is 2. The first-order chi connectivity index (χ1) is 12.1. The second kappa shape index (κ2) is 6.69. The number of fused-ring (bicyclic) bond motifs is 1. The van der Waals surface area contributed by atoms with Crippen molar-refractivity contribution in [1.82, 2.24) is 24.5 Å². The largest absolute Gasteiger partial charge is 0.298 e. The molecule has 1 saturated heterocycles. The average molecular weight is 360 g/mol. The summed E-state index contributed by atoms with van der Waals surface area (Å²) < 4.78 is 15.1. The van der Waals surface area contributed by atoms with E-state index >= 15 is 0 Å². The molecule has 0 amide bonds. The van der Waals surface area contributed by atoms with Gasteiger partial charge in [-0.3, -0.25) is 4.90 Å². The molecule has 1 unspecified atom stereocenters. The van der Waals surface area contributed by atoms with Gasteiger partial charge in [0.25, 0.3) is 5.78 Å². The van der Waals surface area contributed by atoms with Crippen molar-refractivity contribution in [3.05, 3.63) is 58.4 Å². The lowest BCUT2D eigenvalue weighted by molar-refractivity contribution is 0.197. The van der Waals surface area contributed by atoms with Gasteiger partial charge < -0.3 is 0 Å². The molecule has 25 heavy (non-hydrogen) atoms. The first-order valence-corrected chi connectivity index (χ1v) is 8.81. The Bertz CT molecular complexity index is 910. The predicted octanol–water partition coefficient (Wildman–Crippen LogP) is 3.60. The number of hydrogen-bond acceptors (Lipinski definition) is 4. The van der Waals surface area contributed by atoms with Crippen molar-refractivity contribution in [2.45, 2.75) is 32.2 Å². The molecule has 1 aliphatic rings. The van der Waals surface area contributed by atoms with Crippen LogP contribution in [0.1, 0.15) is 35.7 Å². The third-order valence-corrected chi connectivity index (χ3v) is 5.09. The summed E-state index contributed by atoms with van der Waals surface area (Å²) in [5.74, 6) is 0.707. The summed E-state index contributed by atoms with van der Waals surface area (Å²) in [4.78, 5) is 11.0. The molecule has 0 N–H and O–H groups in total. The zero-order valence-corrected chi connectivity index (χ0v) is 14.7. The molecule has 1 aromatic carbocycles. The first kappa shape index (κ1) is 16.4. The zero-order chi connectivity index (χ0) is 17.4. The molecule has 0 aliphatic carbocycles. The van der Waals surface area contributed by atoms with Crippen LogP contribution in [-0.4, -0.2) is 37.6 Å². The van der Waals surface area contributed by atoms with Gasteiger partial charge in [-0.2, -0.15) is 10.1 Å². The van der Waals surface area contributed by atoms with Crippen molar-refractivity contribution >= 4 is 17.4 Å². The van der Waals surface area contributed by atoms with Crippen LogP contribution >= 0.6 is 11.6 Å². The Morgan fingerprint density at radius 3 is 3.04 bits per heavy atom. The molecule has 3 heterocycles. The van der Waals surface area contributed by atoms with Gasteiger partial charge in [0.15, 0.2) is 0 Å². The van der Waals surface area contributed by atoms with E-state index in [0.717, 1.165) is 49.4 Å². The molecular weight excluding hydrogens is 341 g/mol. The number of likely N-dealkylation sites (tertiary alicyclic amines) is 1. The maximum atomic E-state index is 13.2. The fourth-order valence-corrected chi connectivity index (χ4v) is 3.81. The first-order valence-electron chi connectivity index (χ1n) is 8.44. The van der Waals surface area contributed by atoms with E-state index in [-0.39, 0.29) is 5.82 Å². The lowest BCUT2D eigenvalue weighted by Gasteiger charge is -2.33. The molecular formula is C18H19ClFN5. The Labute approximate surface area is 150 Å². The van der Waals surface area contributed by atoms with Gasteiger partial charge in [-0.1, -0.05) is 17.7 Å². The van der Waals surface area contributed by atoms with E-state index in [2.05, 4.69) is 26.0 Å². The Morgan fingerprint density at radius 2 is 2.20 bits per heavy atom. The van der Waals surface area contributed by atoms with Gasteiger partial charge in [0.1, 0.15) is 12.1 Å². The highest BCUT2D eigenvalue weighted by Crippen LogP contribution is 2.29. The van der Waals surface area contributed by atoms with Crippen LogP contribution in [0.5, 0.6) is 0 Å². The standard InChI is InChI=1S/C18H19ClFN5/c1-12-7-17(25-18(23-12)21-11-22-25)14-3-2-6-24(10-14)9-13-4-5-15(20)8-16(13)19/h4-5,7-8,11,14H,2-3,6,9-10H2,1H3. The minimum Gasteiger partial charge on any atom is -0.298 e. The van der Waals surface area contributed by atoms with Crippen molar-refractivity contribution in [2.75, 3.05) is 13.1 Å². The number of rotatable bonds is 3. The average Bonchev–Trinajstić information content (AvgIpc) is 3.05.